The number of rotatable bonds is 3. The van der Waals surface area contributed by atoms with Gasteiger partial charge in [-0.05, 0) is 37.3 Å². The third-order valence-electron chi connectivity index (χ3n) is 4.38. The van der Waals surface area contributed by atoms with E-state index in [-0.39, 0.29) is 31.8 Å². The smallest absolute Gasteiger partial charge is 0.335 e. The van der Waals surface area contributed by atoms with E-state index in [1.165, 1.54) is 0 Å². The molecule has 0 saturated carbocycles. The zero-order valence-corrected chi connectivity index (χ0v) is 13.3. The van der Waals surface area contributed by atoms with Crippen molar-refractivity contribution >= 4 is 11.9 Å². The fraction of sp³-hybridized carbons (Fsp3) is 0.353. The summed E-state index contributed by atoms with van der Waals surface area (Å²) in [4.78, 5) is 25.1. The Kier molecular flexibility index (Phi) is 4.11. The van der Waals surface area contributed by atoms with E-state index < -0.39 is 11.6 Å². The number of nitrogens with zero attached hydrogens (tertiary/aromatic N) is 3. The number of carboxylic acids is 1. The molecule has 2 N–H and O–H groups in total. The van der Waals surface area contributed by atoms with Crippen LogP contribution in [-0.2, 0) is 4.79 Å². The van der Waals surface area contributed by atoms with Gasteiger partial charge in [-0.25, -0.2) is 9.48 Å². The monoisotopic (exact) mass is 329 g/mol. The number of amides is 1. The first-order valence-corrected chi connectivity index (χ1v) is 7.77. The first-order valence-electron chi connectivity index (χ1n) is 7.77. The lowest BCUT2D eigenvalue weighted by Gasteiger charge is -2.35. The van der Waals surface area contributed by atoms with Gasteiger partial charge in [0, 0.05) is 37.7 Å². The molecule has 2 heterocycles. The topological polar surface area (TPSA) is 95.7 Å². The maximum atomic E-state index is 12.5. The fourth-order valence-electron chi connectivity index (χ4n) is 2.79. The highest BCUT2D eigenvalue weighted by Crippen LogP contribution is 2.23. The normalized spacial score (nSPS) is 16.8. The molecule has 0 spiro atoms. The quantitative estimate of drug-likeness (QED) is 0.883. The molecule has 0 bridgehead atoms. The van der Waals surface area contributed by atoms with Crippen molar-refractivity contribution in [1.82, 2.24) is 14.7 Å². The molecular formula is C17H19N3O4. The van der Waals surface area contributed by atoms with Crippen molar-refractivity contribution < 1.29 is 19.8 Å². The van der Waals surface area contributed by atoms with Gasteiger partial charge in [0.15, 0.2) is 5.60 Å². The largest absolute Gasteiger partial charge is 0.479 e. The van der Waals surface area contributed by atoms with Gasteiger partial charge in [0.05, 0.1) is 11.4 Å². The number of hydrogen-bond donors (Lipinski definition) is 2. The molecule has 2 aromatic rings. The van der Waals surface area contributed by atoms with E-state index in [1.54, 1.807) is 21.7 Å². The van der Waals surface area contributed by atoms with Gasteiger partial charge in [-0.1, -0.05) is 0 Å². The molecule has 0 aliphatic carbocycles. The zero-order chi connectivity index (χ0) is 17.3. The van der Waals surface area contributed by atoms with Crippen molar-refractivity contribution in [2.75, 3.05) is 13.1 Å². The minimum atomic E-state index is -1.72. The molecule has 0 radical (unpaired) electrons. The van der Waals surface area contributed by atoms with E-state index in [2.05, 4.69) is 5.10 Å². The molecule has 1 aliphatic rings. The molecule has 1 fully saturated rings. The van der Waals surface area contributed by atoms with E-state index in [4.69, 9.17) is 5.11 Å². The number of aliphatic carboxylic acids is 1. The molecule has 7 heteroatoms. The van der Waals surface area contributed by atoms with Gasteiger partial charge >= 0.3 is 5.97 Å². The summed E-state index contributed by atoms with van der Waals surface area (Å²) in [6.07, 6.45) is 1.93. The zero-order valence-electron chi connectivity index (χ0n) is 13.3. The number of aromatic nitrogens is 2. The average Bonchev–Trinajstić information content (AvgIpc) is 3.01. The molecule has 1 aromatic heterocycles. The van der Waals surface area contributed by atoms with Crippen molar-refractivity contribution in [3.05, 3.63) is 47.8 Å². The van der Waals surface area contributed by atoms with E-state index in [1.807, 2.05) is 31.3 Å². The molecule has 7 nitrogen and oxygen atoms in total. The third kappa shape index (κ3) is 3.03. The molecular weight excluding hydrogens is 310 g/mol. The molecule has 3 rings (SSSR count). The van der Waals surface area contributed by atoms with E-state index >= 15 is 0 Å². The van der Waals surface area contributed by atoms with E-state index in [9.17, 15) is 14.7 Å². The van der Waals surface area contributed by atoms with Gasteiger partial charge in [-0.2, -0.15) is 5.10 Å². The molecule has 24 heavy (non-hydrogen) atoms. The van der Waals surface area contributed by atoms with E-state index in [0.717, 1.165) is 11.4 Å². The number of piperidine rings is 1. The molecule has 1 saturated heterocycles. The van der Waals surface area contributed by atoms with Crippen LogP contribution in [0.5, 0.6) is 0 Å². The van der Waals surface area contributed by atoms with Crippen molar-refractivity contribution in [3.8, 4) is 5.69 Å². The Morgan fingerprint density at radius 2 is 1.75 bits per heavy atom. The highest BCUT2D eigenvalue weighted by atomic mass is 16.4. The summed E-state index contributed by atoms with van der Waals surface area (Å²) in [5.41, 5.74) is 0.579. The Bertz CT molecular complexity index is 758. The summed E-state index contributed by atoms with van der Waals surface area (Å²) < 4.78 is 1.73. The molecule has 0 atom stereocenters. The maximum absolute atomic E-state index is 12.5. The van der Waals surface area contributed by atoms with Crippen LogP contribution >= 0.6 is 0 Å². The van der Waals surface area contributed by atoms with Crippen molar-refractivity contribution in [1.29, 1.82) is 0 Å². The number of benzene rings is 1. The van der Waals surface area contributed by atoms with Crippen LogP contribution < -0.4 is 0 Å². The summed E-state index contributed by atoms with van der Waals surface area (Å²) in [6.45, 7) is 2.35. The van der Waals surface area contributed by atoms with Gasteiger partial charge in [-0.3, -0.25) is 4.79 Å². The number of carbonyl (C=O) groups is 2. The van der Waals surface area contributed by atoms with Crippen molar-refractivity contribution in [2.24, 2.45) is 0 Å². The standard InChI is InChI=1S/C17H19N3O4/c1-12-6-9-20(18-12)14-4-2-13(3-5-14)15(21)19-10-7-17(24,8-11-19)16(22)23/h2-6,9,24H,7-8,10-11H2,1H3,(H,22,23). The first-order chi connectivity index (χ1) is 11.4. The number of carboxylic acid groups (broad SMARTS) is 1. The van der Waals surface area contributed by atoms with Crippen molar-refractivity contribution in [2.45, 2.75) is 25.4 Å². The van der Waals surface area contributed by atoms with Crippen LogP contribution in [0.4, 0.5) is 0 Å². The molecule has 1 aliphatic heterocycles. The summed E-state index contributed by atoms with van der Waals surface area (Å²) in [5.74, 6) is -1.39. The van der Waals surface area contributed by atoms with Gasteiger partial charge in [0.25, 0.3) is 5.91 Å². The second kappa shape index (κ2) is 6.09. The van der Waals surface area contributed by atoms with Crippen LogP contribution in [0.1, 0.15) is 28.9 Å². The summed E-state index contributed by atoms with van der Waals surface area (Å²) in [5, 5.41) is 23.3. The third-order valence-corrected chi connectivity index (χ3v) is 4.38. The van der Waals surface area contributed by atoms with Crippen LogP contribution in [0.25, 0.3) is 5.69 Å². The Labute approximate surface area is 139 Å². The Hall–Kier alpha value is -2.67. The van der Waals surface area contributed by atoms with Gasteiger partial charge in [0.2, 0.25) is 0 Å². The molecule has 0 unspecified atom stereocenters. The Balaban J connectivity index is 1.69. The highest BCUT2D eigenvalue weighted by molar-refractivity contribution is 5.94. The van der Waals surface area contributed by atoms with Gasteiger partial charge < -0.3 is 15.1 Å². The maximum Gasteiger partial charge on any atom is 0.335 e. The predicted octanol–water partition coefficient (Wildman–Crippen LogP) is 1.23. The fourth-order valence-corrected chi connectivity index (χ4v) is 2.79. The van der Waals surface area contributed by atoms with Crippen LogP contribution in [0.2, 0.25) is 0 Å². The van der Waals surface area contributed by atoms with E-state index in [0.29, 0.717) is 5.56 Å². The number of aliphatic hydroxyl groups is 1. The molecule has 1 aromatic carbocycles. The van der Waals surface area contributed by atoms with Gasteiger partial charge in [-0.15, -0.1) is 0 Å². The SMILES string of the molecule is Cc1ccn(-c2ccc(C(=O)N3CCC(O)(C(=O)O)CC3)cc2)n1. The number of likely N-dealkylation sites (tertiary alicyclic amines) is 1. The van der Waals surface area contributed by atoms with Gasteiger partial charge in [0.1, 0.15) is 0 Å². The number of hydrogen-bond acceptors (Lipinski definition) is 4. The first kappa shape index (κ1) is 16.2. The summed E-state index contributed by atoms with van der Waals surface area (Å²) >= 11 is 0. The lowest BCUT2D eigenvalue weighted by molar-refractivity contribution is -0.162. The summed E-state index contributed by atoms with van der Waals surface area (Å²) in [6, 6.07) is 8.99. The minimum Gasteiger partial charge on any atom is -0.479 e. The second-order valence-electron chi connectivity index (χ2n) is 6.08. The number of carbonyl (C=O) groups excluding carboxylic acids is 1. The Morgan fingerprint density at radius 1 is 1.12 bits per heavy atom. The molecule has 126 valence electrons. The highest BCUT2D eigenvalue weighted by Gasteiger charge is 2.40. The lowest BCUT2D eigenvalue weighted by Crippen LogP contribution is -2.50. The van der Waals surface area contributed by atoms with Crippen LogP contribution in [0, 0.1) is 6.92 Å². The van der Waals surface area contributed by atoms with Crippen LogP contribution in [-0.4, -0.2) is 55.5 Å². The van der Waals surface area contributed by atoms with Crippen LogP contribution in [0.3, 0.4) is 0 Å². The lowest BCUT2D eigenvalue weighted by atomic mass is 9.91. The average molecular weight is 329 g/mol. The van der Waals surface area contributed by atoms with Crippen molar-refractivity contribution in [3.63, 3.8) is 0 Å². The summed E-state index contributed by atoms with van der Waals surface area (Å²) in [7, 11) is 0. The van der Waals surface area contributed by atoms with Crippen LogP contribution in [0.15, 0.2) is 36.5 Å². The number of aryl methyl sites for hydroxylation is 1. The minimum absolute atomic E-state index is 0.0404. The Morgan fingerprint density at radius 3 is 2.25 bits per heavy atom. The molecule has 1 amide bonds. The second-order valence-corrected chi connectivity index (χ2v) is 6.08. The predicted molar refractivity (Wildman–Crippen MR) is 86.0 cm³/mol.